The number of aliphatic hydroxyl groups is 1. The molecule has 0 radical (unpaired) electrons. The molecule has 2 bridgehead atoms. The molecule has 84 valence electrons. The molecule has 0 saturated heterocycles. The molecule has 3 aliphatic carbocycles. The smallest absolute Gasteiger partial charge is 0.0577 e. The molecule has 0 spiro atoms. The van der Waals surface area contributed by atoms with Crippen molar-refractivity contribution >= 4 is 0 Å². The van der Waals surface area contributed by atoms with Gasteiger partial charge in [0.2, 0.25) is 0 Å². The van der Waals surface area contributed by atoms with Gasteiger partial charge in [0.05, 0.1) is 6.10 Å². The van der Waals surface area contributed by atoms with E-state index in [1.165, 1.54) is 24.8 Å². The molecule has 0 aliphatic heterocycles. The van der Waals surface area contributed by atoms with Crippen molar-refractivity contribution < 1.29 is 5.11 Å². The van der Waals surface area contributed by atoms with Gasteiger partial charge in [0.25, 0.3) is 0 Å². The van der Waals surface area contributed by atoms with Gasteiger partial charge in [-0.05, 0) is 68.6 Å². The molecule has 0 amide bonds. The van der Waals surface area contributed by atoms with Crippen LogP contribution in [0.5, 0.6) is 0 Å². The Morgan fingerprint density at radius 2 is 1.93 bits per heavy atom. The van der Waals surface area contributed by atoms with Gasteiger partial charge in [0, 0.05) is 0 Å². The van der Waals surface area contributed by atoms with E-state index in [0.29, 0.717) is 5.92 Å². The fraction of sp³-hybridized carbons (Fsp3) is 0.857. The highest BCUT2D eigenvalue weighted by atomic mass is 16.3. The standard InChI is InChI=1S/C14H22O/c1-8(2)3-6-11(15)14-12-9-4-5-10(7-9)13(12)14/h9-15H,1,3-7H2,2H3. The molecular formula is C14H22O. The first-order chi connectivity index (χ1) is 7.18. The number of hydrogen-bond acceptors (Lipinski definition) is 1. The molecule has 0 aromatic carbocycles. The average molecular weight is 206 g/mol. The van der Waals surface area contributed by atoms with E-state index in [2.05, 4.69) is 13.5 Å². The van der Waals surface area contributed by atoms with Gasteiger partial charge in [0.15, 0.2) is 0 Å². The normalized spacial score (nSPS) is 47.7. The van der Waals surface area contributed by atoms with Crippen LogP contribution in [0, 0.1) is 29.6 Å². The lowest BCUT2D eigenvalue weighted by molar-refractivity contribution is 0.120. The lowest BCUT2D eigenvalue weighted by Gasteiger charge is -2.14. The summed E-state index contributed by atoms with van der Waals surface area (Å²) < 4.78 is 0. The first kappa shape index (κ1) is 9.89. The van der Waals surface area contributed by atoms with E-state index in [0.717, 1.165) is 36.5 Å². The molecule has 3 saturated carbocycles. The van der Waals surface area contributed by atoms with Crippen LogP contribution in [-0.4, -0.2) is 11.2 Å². The van der Waals surface area contributed by atoms with Gasteiger partial charge >= 0.3 is 0 Å². The third kappa shape index (κ3) is 1.47. The molecule has 0 aromatic rings. The van der Waals surface area contributed by atoms with Crippen molar-refractivity contribution in [3.8, 4) is 0 Å². The van der Waals surface area contributed by atoms with Gasteiger partial charge in [-0.15, -0.1) is 6.58 Å². The number of allylic oxidation sites excluding steroid dienone is 1. The molecule has 3 aliphatic rings. The van der Waals surface area contributed by atoms with Gasteiger partial charge in [-0.2, -0.15) is 0 Å². The Kier molecular flexibility index (Phi) is 2.21. The predicted molar refractivity (Wildman–Crippen MR) is 61.4 cm³/mol. The molecule has 1 nitrogen and oxygen atoms in total. The molecule has 1 heteroatoms. The van der Waals surface area contributed by atoms with Crippen molar-refractivity contribution in [1.29, 1.82) is 0 Å². The van der Waals surface area contributed by atoms with Crippen molar-refractivity contribution in [3.05, 3.63) is 12.2 Å². The van der Waals surface area contributed by atoms with E-state index in [4.69, 9.17) is 0 Å². The van der Waals surface area contributed by atoms with Crippen molar-refractivity contribution in [1.82, 2.24) is 0 Å². The summed E-state index contributed by atoms with van der Waals surface area (Å²) >= 11 is 0. The number of hydrogen-bond donors (Lipinski definition) is 1. The van der Waals surface area contributed by atoms with Crippen LogP contribution in [0.2, 0.25) is 0 Å². The molecule has 5 atom stereocenters. The highest BCUT2D eigenvalue weighted by molar-refractivity contribution is 5.14. The second-order valence-electron chi connectivity index (χ2n) is 6.13. The van der Waals surface area contributed by atoms with Crippen molar-refractivity contribution in [2.75, 3.05) is 0 Å². The van der Waals surface area contributed by atoms with Crippen molar-refractivity contribution in [2.24, 2.45) is 29.6 Å². The summed E-state index contributed by atoms with van der Waals surface area (Å²) in [5.74, 6) is 4.50. The summed E-state index contributed by atoms with van der Waals surface area (Å²) in [7, 11) is 0. The molecule has 3 rings (SSSR count). The maximum atomic E-state index is 10.2. The molecular weight excluding hydrogens is 184 g/mol. The van der Waals surface area contributed by atoms with Crippen LogP contribution in [0.15, 0.2) is 12.2 Å². The molecule has 5 unspecified atom stereocenters. The van der Waals surface area contributed by atoms with Crippen LogP contribution in [0.4, 0.5) is 0 Å². The Labute approximate surface area is 92.6 Å². The SMILES string of the molecule is C=C(C)CCC(O)C1C2C3CCC(C3)C12. The van der Waals surface area contributed by atoms with E-state index >= 15 is 0 Å². The van der Waals surface area contributed by atoms with E-state index in [-0.39, 0.29) is 6.10 Å². The minimum absolute atomic E-state index is 0.0277. The zero-order valence-corrected chi connectivity index (χ0v) is 9.65. The zero-order chi connectivity index (χ0) is 10.6. The molecule has 15 heavy (non-hydrogen) atoms. The molecule has 1 N–H and O–H groups in total. The van der Waals surface area contributed by atoms with Crippen LogP contribution >= 0.6 is 0 Å². The third-order valence-electron chi connectivity index (χ3n) is 5.11. The van der Waals surface area contributed by atoms with E-state index in [1.54, 1.807) is 0 Å². The Balaban J connectivity index is 1.56. The summed E-state index contributed by atoms with van der Waals surface area (Å²) in [4.78, 5) is 0. The van der Waals surface area contributed by atoms with Crippen LogP contribution < -0.4 is 0 Å². The predicted octanol–water partition coefficient (Wildman–Crippen LogP) is 3.00. The second kappa shape index (κ2) is 3.35. The highest BCUT2D eigenvalue weighted by Crippen LogP contribution is 2.70. The van der Waals surface area contributed by atoms with Crippen LogP contribution in [0.3, 0.4) is 0 Å². The first-order valence-corrected chi connectivity index (χ1v) is 6.51. The maximum Gasteiger partial charge on any atom is 0.0577 e. The van der Waals surface area contributed by atoms with Crippen molar-refractivity contribution in [3.63, 3.8) is 0 Å². The fourth-order valence-corrected chi connectivity index (χ4v) is 4.49. The Morgan fingerprint density at radius 3 is 2.47 bits per heavy atom. The fourth-order valence-electron chi connectivity index (χ4n) is 4.49. The molecule has 0 heterocycles. The van der Waals surface area contributed by atoms with Crippen LogP contribution in [-0.2, 0) is 0 Å². The summed E-state index contributed by atoms with van der Waals surface area (Å²) in [6.45, 7) is 5.97. The minimum Gasteiger partial charge on any atom is -0.393 e. The maximum absolute atomic E-state index is 10.2. The van der Waals surface area contributed by atoms with Gasteiger partial charge in [-0.3, -0.25) is 0 Å². The van der Waals surface area contributed by atoms with Gasteiger partial charge < -0.3 is 5.11 Å². The molecule has 3 fully saturated rings. The second-order valence-corrected chi connectivity index (χ2v) is 6.13. The Bertz CT molecular complexity index is 267. The summed E-state index contributed by atoms with van der Waals surface area (Å²) in [5, 5.41) is 10.2. The lowest BCUT2D eigenvalue weighted by atomic mass is 9.96. The highest BCUT2D eigenvalue weighted by Gasteiger charge is 2.66. The summed E-state index contributed by atoms with van der Waals surface area (Å²) in [6, 6.07) is 0. The van der Waals surface area contributed by atoms with E-state index in [9.17, 15) is 5.11 Å². The molecule has 0 aromatic heterocycles. The van der Waals surface area contributed by atoms with E-state index in [1.807, 2.05) is 0 Å². The lowest BCUT2D eigenvalue weighted by Crippen LogP contribution is -2.15. The van der Waals surface area contributed by atoms with Crippen LogP contribution in [0.1, 0.15) is 39.0 Å². The number of fused-ring (bicyclic) bond motifs is 5. The average Bonchev–Trinajstić information content (AvgIpc) is 2.64. The van der Waals surface area contributed by atoms with Gasteiger partial charge in [-0.25, -0.2) is 0 Å². The van der Waals surface area contributed by atoms with Crippen LogP contribution in [0.25, 0.3) is 0 Å². The topological polar surface area (TPSA) is 20.2 Å². The van der Waals surface area contributed by atoms with Gasteiger partial charge in [-0.1, -0.05) is 5.57 Å². The third-order valence-corrected chi connectivity index (χ3v) is 5.11. The Morgan fingerprint density at radius 1 is 1.33 bits per heavy atom. The first-order valence-electron chi connectivity index (χ1n) is 6.51. The van der Waals surface area contributed by atoms with E-state index < -0.39 is 0 Å². The van der Waals surface area contributed by atoms with Gasteiger partial charge in [0.1, 0.15) is 0 Å². The number of aliphatic hydroxyl groups excluding tert-OH is 1. The summed E-state index contributed by atoms with van der Waals surface area (Å²) in [5.41, 5.74) is 1.21. The summed E-state index contributed by atoms with van der Waals surface area (Å²) in [6.07, 6.45) is 6.32. The zero-order valence-electron chi connectivity index (χ0n) is 9.65. The monoisotopic (exact) mass is 206 g/mol. The quantitative estimate of drug-likeness (QED) is 0.701. The Hall–Kier alpha value is -0.300. The minimum atomic E-state index is -0.0277. The largest absolute Gasteiger partial charge is 0.393 e. The van der Waals surface area contributed by atoms with Crippen molar-refractivity contribution in [2.45, 2.75) is 45.1 Å². The number of rotatable bonds is 4.